The number of aromatic nitrogens is 1. The van der Waals surface area contributed by atoms with E-state index in [-0.39, 0.29) is 17.3 Å². The van der Waals surface area contributed by atoms with Gasteiger partial charge >= 0.3 is 5.69 Å². The van der Waals surface area contributed by atoms with E-state index in [9.17, 15) is 10.1 Å². The summed E-state index contributed by atoms with van der Waals surface area (Å²) in [6, 6.07) is 0. The number of aliphatic hydroxyl groups is 1. The summed E-state index contributed by atoms with van der Waals surface area (Å²) in [7, 11) is 0. The van der Waals surface area contributed by atoms with Crippen LogP contribution in [0.25, 0.3) is 0 Å². The summed E-state index contributed by atoms with van der Waals surface area (Å²) in [5.41, 5.74) is 0.176. The molecular weight excluding hydrogens is 246 g/mol. The van der Waals surface area contributed by atoms with Gasteiger partial charge < -0.3 is 10.4 Å². The van der Waals surface area contributed by atoms with E-state index in [0.717, 1.165) is 19.3 Å². The Morgan fingerprint density at radius 1 is 1.41 bits per heavy atom. The predicted molar refractivity (Wildman–Crippen MR) is 65.3 cm³/mol. The Morgan fingerprint density at radius 2 is 2.18 bits per heavy atom. The minimum absolute atomic E-state index is 0.125. The Labute approximate surface area is 104 Å². The fraction of sp³-hybridized carbons (Fsp3) is 0.500. The van der Waals surface area contributed by atoms with E-state index >= 15 is 0 Å². The standard InChI is InChI=1S/C10H14ClN3O3/c11-8-6-12-7-9(14(16)17)10(8)13-4-2-1-3-5-15/h6-7,15H,1-5H2,(H,12,13). The second kappa shape index (κ2) is 7.03. The molecule has 0 unspecified atom stereocenters. The first kappa shape index (κ1) is 13.7. The molecule has 1 aromatic heterocycles. The summed E-state index contributed by atoms with van der Waals surface area (Å²) in [6.07, 6.45) is 4.94. The van der Waals surface area contributed by atoms with Crippen molar-refractivity contribution in [1.82, 2.24) is 4.98 Å². The van der Waals surface area contributed by atoms with Crippen molar-refractivity contribution < 1.29 is 10.0 Å². The van der Waals surface area contributed by atoms with Crippen molar-refractivity contribution in [2.24, 2.45) is 0 Å². The van der Waals surface area contributed by atoms with E-state index in [0.29, 0.717) is 12.2 Å². The zero-order valence-electron chi connectivity index (χ0n) is 9.23. The molecule has 0 amide bonds. The molecule has 0 aliphatic heterocycles. The van der Waals surface area contributed by atoms with Gasteiger partial charge in [0, 0.05) is 19.3 Å². The topological polar surface area (TPSA) is 88.3 Å². The average molecular weight is 260 g/mol. The van der Waals surface area contributed by atoms with Crippen LogP contribution in [0.2, 0.25) is 5.02 Å². The maximum absolute atomic E-state index is 10.7. The van der Waals surface area contributed by atoms with Gasteiger partial charge in [0.05, 0.1) is 9.95 Å². The van der Waals surface area contributed by atoms with Crippen molar-refractivity contribution >= 4 is 23.0 Å². The first-order valence-electron chi connectivity index (χ1n) is 5.29. The molecule has 1 rings (SSSR count). The maximum atomic E-state index is 10.7. The van der Waals surface area contributed by atoms with Gasteiger partial charge in [-0.05, 0) is 19.3 Å². The summed E-state index contributed by atoms with van der Waals surface area (Å²) < 4.78 is 0. The Bertz CT molecular complexity index is 387. The van der Waals surface area contributed by atoms with Gasteiger partial charge in [-0.2, -0.15) is 0 Å². The smallest absolute Gasteiger partial charge is 0.311 e. The summed E-state index contributed by atoms with van der Waals surface area (Å²) in [4.78, 5) is 13.9. The molecule has 0 saturated heterocycles. The van der Waals surface area contributed by atoms with Crippen LogP contribution in [0, 0.1) is 10.1 Å². The lowest BCUT2D eigenvalue weighted by Gasteiger charge is -2.07. The van der Waals surface area contributed by atoms with Crippen molar-refractivity contribution in [3.05, 3.63) is 27.5 Å². The number of nitrogens with zero attached hydrogens (tertiary/aromatic N) is 2. The first-order chi connectivity index (χ1) is 8.16. The summed E-state index contributed by atoms with van der Waals surface area (Å²) in [5.74, 6) is 0. The molecule has 17 heavy (non-hydrogen) atoms. The lowest BCUT2D eigenvalue weighted by atomic mass is 10.2. The van der Waals surface area contributed by atoms with Crippen molar-refractivity contribution in [3.63, 3.8) is 0 Å². The number of anilines is 1. The maximum Gasteiger partial charge on any atom is 0.311 e. The SMILES string of the molecule is O=[N+]([O-])c1cncc(Cl)c1NCCCCCO. The van der Waals surface area contributed by atoms with Crippen LogP contribution in [0.4, 0.5) is 11.4 Å². The Hall–Kier alpha value is -1.40. The van der Waals surface area contributed by atoms with E-state index in [2.05, 4.69) is 10.3 Å². The Morgan fingerprint density at radius 3 is 2.82 bits per heavy atom. The van der Waals surface area contributed by atoms with Gasteiger partial charge in [0.2, 0.25) is 0 Å². The van der Waals surface area contributed by atoms with Gasteiger partial charge in [0.15, 0.2) is 0 Å². The molecule has 0 aliphatic carbocycles. The number of nitro groups is 1. The Balaban J connectivity index is 2.60. The van der Waals surface area contributed by atoms with Gasteiger partial charge in [-0.25, -0.2) is 0 Å². The molecule has 6 nitrogen and oxygen atoms in total. The third-order valence-corrected chi connectivity index (χ3v) is 2.50. The zero-order chi connectivity index (χ0) is 12.7. The molecule has 1 heterocycles. The molecule has 0 atom stereocenters. The fourth-order valence-electron chi connectivity index (χ4n) is 1.37. The van der Waals surface area contributed by atoms with Gasteiger partial charge in [-0.15, -0.1) is 0 Å². The highest BCUT2D eigenvalue weighted by Crippen LogP contribution is 2.30. The van der Waals surface area contributed by atoms with Crippen LogP contribution < -0.4 is 5.32 Å². The Kier molecular flexibility index (Phi) is 5.65. The highest BCUT2D eigenvalue weighted by atomic mass is 35.5. The summed E-state index contributed by atoms with van der Waals surface area (Å²) in [5, 5.41) is 22.5. The van der Waals surface area contributed by atoms with Crippen LogP contribution in [-0.4, -0.2) is 28.2 Å². The summed E-state index contributed by atoms with van der Waals surface area (Å²) in [6.45, 7) is 0.737. The summed E-state index contributed by atoms with van der Waals surface area (Å²) >= 11 is 5.84. The lowest BCUT2D eigenvalue weighted by Crippen LogP contribution is -2.05. The third-order valence-electron chi connectivity index (χ3n) is 2.21. The molecule has 7 heteroatoms. The van der Waals surface area contributed by atoms with E-state index < -0.39 is 4.92 Å². The normalized spacial score (nSPS) is 10.2. The van der Waals surface area contributed by atoms with E-state index in [4.69, 9.17) is 16.7 Å². The predicted octanol–water partition coefficient (Wildman–Crippen LogP) is 2.22. The van der Waals surface area contributed by atoms with Crippen molar-refractivity contribution in [2.45, 2.75) is 19.3 Å². The number of aliphatic hydroxyl groups excluding tert-OH is 1. The monoisotopic (exact) mass is 259 g/mol. The highest BCUT2D eigenvalue weighted by Gasteiger charge is 2.16. The van der Waals surface area contributed by atoms with Gasteiger partial charge in [0.1, 0.15) is 11.9 Å². The van der Waals surface area contributed by atoms with Crippen molar-refractivity contribution in [3.8, 4) is 0 Å². The third kappa shape index (κ3) is 4.16. The molecule has 0 aliphatic rings. The number of rotatable bonds is 7. The fourth-order valence-corrected chi connectivity index (χ4v) is 1.59. The molecule has 1 aromatic rings. The molecule has 94 valence electrons. The minimum atomic E-state index is -0.519. The average Bonchev–Trinajstić information content (AvgIpc) is 2.30. The number of nitrogens with one attached hydrogen (secondary N) is 1. The van der Waals surface area contributed by atoms with Crippen LogP contribution in [-0.2, 0) is 0 Å². The second-order valence-corrected chi connectivity index (χ2v) is 3.89. The quantitative estimate of drug-likeness (QED) is 0.445. The number of halogens is 1. The van der Waals surface area contributed by atoms with E-state index in [1.165, 1.54) is 12.4 Å². The van der Waals surface area contributed by atoms with Gasteiger partial charge in [-0.3, -0.25) is 15.1 Å². The molecule has 2 N–H and O–H groups in total. The molecule has 0 fully saturated rings. The van der Waals surface area contributed by atoms with Crippen LogP contribution in [0.5, 0.6) is 0 Å². The number of hydrogen-bond donors (Lipinski definition) is 2. The molecular formula is C10H14ClN3O3. The second-order valence-electron chi connectivity index (χ2n) is 3.48. The molecule has 0 saturated carbocycles. The van der Waals surface area contributed by atoms with Gasteiger partial charge in [0.25, 0.3) is 0 Å². The first-order valence-corrected chi connectivity index (χ1v) is 5.67. The van der Waals surface area contributed by atoms with Gasteiger partial charge in [-0.1, -0.05) is 11.6 Å². The van der Waals surface area contributed by atoms with Crippen molar-refractivity contribution in [2.75, 3.05) is 18.5 Å². The van der Waals surface area contributed by atoms with Crippen molar-refractivity contribution in [1.29, 1.82) is 0 Å². The zero-order valence-corrected chi connectivity index (χ0v) is 9.98. The lowest BCUT2D eigenvalue weighted by molar-refractivity contribution is -0.384. The molecule has 0 spiro atoms. The largest absolute Gasteiger partial charge is 0.396 e. The number of pyridine rings is 1. The van der Waals surface area contributed by atoms with E-state index in [1.54, 1.807) is 0 Å². The molecule has 0 aromatic carbocycles. The van der Waals surface area contributed by atoms with Crippen LogP contribution >= 0.6 is 11.6 Å². The van der Waals surface area contributed by atoms with Crippen LogP contribution in [0.3, 0.4) is 0 Å². The molecule has 0 bridgehead atoms. The molecule has 0 radical (unpaired) electrons. The number of unbranched alkanes of at least 4 members (excludes halogenated alkanes) is 2. The number of hydrogen-bond acceptors (Lipinski definition) is 5. The van der Waals surface area contributed by atoms with Crippen LogP contribution in [0.15, 0.2) is 12.4 Å². The van der Waals surface area contributed by atoms with E-state index in [1.807, 2.05) is 0 Å². The highest BCUT2D eigenvalue weighted by molar-refractivity contribution is 6.33. The van der Waals surface area contributed by atoms with Crippen LogP contribution in [0.1, 0.15) is 19.3 Å². The minimum Gasteiger partial charge on any atom is -0.396 e.